The smallest absolute Gasteiger partial charge is 0.326 e. The number of amides is 21. The third kappa shape index (κ3) is 45.5. The molecular weight excluding hydrogens is 1870 g/mol. The molecule has 0 aliphatic heterocycles. The van der Waals surface area contributed by atoms with E-state index in [2.05, 4.69) is 103 Å². The van der Waals surface area contributed by atoms with Crippen molar-refractivity contribution in [2.75, 3.05) is 25.4 Å². The van der Waals surface area contributed by atoms with E-state index in [1.807, 2.05) is 0 Å². The zero-order chi connectivity index (χ0) is 106. The predicted octanol–water partition coefficient (Wildman–Crippen LogP) is -9.72. The Morgan fingerprint density at radius 2 is 0.702 bits per heavy atom. The number of aliphatic carboxylic acids is 1. The molecule has 0 fully saturated rings. The number of carbonyl (C=O) groups excluding carboxylic acids is 21. The van der Waals surface area contributed by atoms with Crippen LogP contribution >= 0.6 is 12.6 Å². The monoisotopic (exact) mass is 2010 g/mol. The second-order valence-corrected chi connectivity index (χ2v) is 35.5. The Bertz CT molecular complexity index is 4830. The molecule has 21 amide bonds. The summed E-state index contributed by atoms with van der Waals surface area (Å²) in [5.41, 5.74) is 50.8. The van der Waals surface area contributed by atoms with Crippen molar-refractivity contribution < 1.29 is 121 Å². The average Bonchev–Trinajstić information content (AvgIpc) is 1.69. The molecule has 782 valence electrons. The van der Waals surface area contributed by atoms with Crippen molar-refractivity contribution in [2.24, 2.45) is 69.4 Å². The summed E-state index contributed by atoms with van der Waals surface area (Å²) in [6.07, 6.45) is -7.13. The predicted molar refractivity (Wildman–Crippen MR) is 511 cm³/mol. The van der Waals surface area contributed by atoms with Gasteiger partial charge in [0.1, 0.15) is 90.6 Å². The number of aliphatic hydroxyl groups excluding tert-OH is 2. The van der Waals surface area contributed by atoms with Crippen molar-refractivity contribution in [1.29, 1.82) is 5.41 Å². The van der Waals surface area contributed by atoms with Crippen molar-refractivity contribution in [1.82, 2.24) is 90.1 Å². The Morgan fingerprint density at radius 3 is 1.11 bits per heavy atom. The highest BCUT2D eigenvalue weighted by molar-refractivity contribution is 7.80. The second kappa shape index (κ2) is 62.0. The zero-order valence-electron chi connectivity index (χ0n) is 79.8. The number of unbranched alkanes of at least 4 members (excludes halogenated alkanes) is 1. The van der Waals surface area contributed by atoms with E-state index in [1.54, 1.807) is 90.2 Å². The number of nitrogens with one attached hydrogen (secondary N) is 18. The van der Waals surface area contributed by atoms with Crippen molar-refractivity contribution >= 4 is 160 Å². The summed E-state index contributed by atoms with van der Waals surface area (Å²) < 4.78 is 0. The number of rotatable bonds is 68. The van der Waals surface area contributed by atoms with Crippen molar-refractivity contribution in [3.8, 4) is 0 Å². The molecule has 0 radical (unpaired) electrons. The number of para-hydroxylation sites is 1. The average molecular weight is 2010 g/mol. The second-order valence-electron chi connectivity index (χ2n) is 35.2. The summed E-state index contributed by atoms with van der Waals surface area (Å²) in [4.78, 5) is 303. The number of hydrogen-bond acceptors (Lipinski definition) is 28. The van der Waals surface area contributed by atoms with Crippen LogP contribution in [0.1, 0.15) is 175 Å². The molecule has 17 atom stereocenters. The van der Waals surface area contributed by atoms with Crippen LogP contribution in [0.2, 0.25) is 0 Å². The number of nitrogens with two attached hydrogens (primary N) is 9. The highest BCUT2D eigenvalue weighted by Gasteiger charge is 2.41. The third-order valence-electron chi connectivity index (χ3n) is 21.6. The number of carboxylic acids is 1. The van der Waals surface area contributed by atoms with Gasteiger partial charge in [0, 0.05) is 67.9 Å². The Hall–Kier alpha value is -14.2. The number of aromatic amines is 1. The van der Waals surface area contributed by atoms with E-state index in [0.29, 0.717) is 28.5 Å². The number of H-pyrrole nitrogens is 1. The minimum atomic E-state index is -2.05. The van der Waals surface area contributed by atoms with Gasteiger partial charge in [-0.15, -0.1) is 0 Å². The van der Waals surface area contributed by atoms with Crippen LogP contribution in [0, 0.1) is 23.2 Å². The maximum Gasteiger partial charge on any atom is 0.326 e. The van der Waals surface area contributed by atoms with Gasteiger partial charge in [-0.3, -0.25) is 106 Å². The Labute approximate surface area is 818 Å². The molecule has 3 aromatic rings. The number of aliphatic hydroxyl groups is 2. The van der Waals surface area contributed by atoms with E-state index in [-0.39, 0.29) is 89.1 Å². The van der Waals surface area contributed by atoms with E-state index >= 15 is 14.4 Å². The van der Waals surface area contributed by atoms with Gasteiger partial charge in [-0.2, -0.15) is 12.6 Å². The summed E-state index contributed by atoms with van der Waals surface area (Å²) in [6, 6.07) is -12.7. The number of guanidine groups is 1. The molecule has 0 saturated carbocycles. The summed E-state index contributed by atoms with van der Waals surface area (Å²) in [5, 5.41) is 78.5. The van der Waals surface area contributed by atoms with Gasteiger partial charge in [-0.1, -0.05) is 90.1 Å². The summed E-state index contributed by atoms with van der Waals surface area (Å²) in [6.45, 7) is 10.2. The van der Waals surface area contributed by atoms with Gasteiger partial charge in [0.15, 0.2) is 5.96 Å². The standard InChI is InChI=1S/C88H139N27O25S/c1-42(2)32-56(78(130)101-51(20-13-14-30-89)73(125)103-54(24-28-67(93)120)76(128)112-62(87(139)140)38-70(96)123)107-79(131)57(33-43(3)4)106-74(126)52(21-15-31-99-88(97)98)102-82(134)60(36-47-39-100-50-19-12-11-18-48(47)50)109-80(132)58(34-44(5)6)108-83(135)61(37-69(95)122)110-85(137)64(41-141)114-81(133)59(35-46-16-9-8-10-17-46)111-86(138)71(45(7)117)115-77(129)55(25-29-68(94)121)104-75(127)53(23-27-66(92)119)105-84(136)63(40-116)113-72(124)49(90)22-26-65(91)118/h8-12,16-19,39,42-45,49,51-64,71,100,116-117,141H,13-15,20-38,40-41,89-90H2,1-7H3,(H2,91,118)(H2,92,119)(H2,93,120)(H2,94,121)(H2,95,122)(H2,96,123)(H,101,130)(H,102,134)(H,103,125)(H,104,127)(H,105,136)(H,106,126)(H,107,131)(H,108,135)(H,109,132)(H,110,137)(H,111,138)(H,112,128)(H,113,124)(H,114,133)(H,115,129)(H,139,140)(H4,97,98,99)/t45-,49+,51+,52+,53+,54+,55+,56+,57+,58+,59+,60+,61+,62+,63+,64+,71+/m1/s1. The van der Waals surface area contributed by atoms with Crippen LogP contribution in [-0.4, -0.2) is 285 Å². The first kappa shape index (κ1) is 121. The van der Waals surface area contributed by atoms with Crippen LogP contribution in [0.25, 0.3) is 10.9 Å². The van der Waals surface area contributed by atoms with Gasteiger partial charge in [-0.25, -0.2) is 4.79 Å². The first-order valence-corrected chi connectivity index (χ1v) is 46.4. The van der Waals surface area contributed by atoms with Gasteiger partial charge in [0.05, 0.1) is 31.6 Å². The van der Waals surface area contributed by atoms with Crippen LogP contribution in [0.5, 0.6) is 0 Å². The maximum absolute atomic E-state index is 15.3. The molecule has 0 saturated heterocycles. The van der Waals surface area contributed by atoms with E-state index in [4.69, 9.17) is 57.0 Å². The Balaban J connectivity index is 2.07. The van der Waals surface area contributed by atoms with Crippen molar-refractivity contribution in [2.45, 2.75) is 280 Å². The molecule has 53 heteroatoms. The Kier molecular flexibility index (Phi) is 53.1. The fourth-order valence-electron chi connectivity index (χ4n) is 14.2. The van der Waals surface area contributed by atoms with Gasteiger partial charge in [0.2, 0.25) is 124 Å². The molecule has 1 aromatic heterocycles. The molecule has 1 heterocycles. The van der Waals surface area contributed by atoms with Gasteiger partial charge >= 0.3 is 5.97 Å². The minimum absolute atomic E-state index is 0.00165. The molecule has 0 aliphatic carbocycles. The lowest BCUT2D eigenvalue weighted by Crippen LogP contribution is -2.62. The number of carbonyl (C=O) groups is 22. The Morgan fingerprint density at radius 1 is 0.369 bits per heavy atom. The molecule has 39 N–H and O–H groups in total. The number of thiol groups is 1. The molecule has 0 spiro atoms. The number of primary amides is 6. The highest BCUT2D eigenvalue weighted by atomic mass is 32.1. The van der Waals surface area contributed by atoms with Crippen LogP contribution in [0.3, 0.4) is 0 Å². The lowest BCUT2D eigenvalue weighted by atomic mass is 9.98. The molecule has 2 aromatic carbocycles. The number of carboxylic acid groups (broad SMARTS) is 1. The van der Waals surface area contributed by atoms with Crippen LogP contribution in [0.15, 0.2) is 60.8 Å². The van der Waals surface area contributed by atoms with E-state index in [1.165, 1.54) is 12.1 Å². The summed E-state index contributed by atoms with van der Waals surface area (Å²) in [5.74, 6) is -26.7. The molecule has 0 aliphatic rings. The van der Waals surface area contributed by atoms with E-state index in [0.717, 1.165) is 6.92 Å². The maximum atomic E-state index is 15.3. The molecule has 0 bridgehead atoms. The normalized spacial score (nSPS) is 14.8. The van der Waals surface area contributed by atoms with Crippen LogP contribution in [0.4, 0.5) is 0 Å². The SMILES string of the molecule is CC(C)C[C@H](NC(=O)[C@H](CC(C)C)NC(=O)[C@H](CCCNC(=N)N)NC(=O)[C@H](Cc1c[nH]c2ccccc12)NC(=O)[C@H](CC(C)C)NC(=O)[C@H](CC(N)=O)NC(=O)[C@H](CS)NC(=O)[C@H](Cc1ccccc1)NC(=O)[C@@H](NC(=O)[C@H](CCC(N)=O)NC(=O)[C@H](CCC(N)=O)NC(=O)[C@H](CO)NC(=O)[C@@H](N)CCC(N)=O)[C@@H](C)O)C(=O)N[C@@H](CCCCN)C(=O)N[C@@H](CCC(N)=O)C(=O)N[C@@H](CC(N)=O)C(=O)O. The fourth-order valence-corrected chi connectivity index (χ4v) is 14.5. The van der Waals surface area contributed by atoms with Crippen LogP contribution in [-0.2, 0) is 118 Å². The lowest BCUT2D eigenvalue weighted by molar-refractivity contribution is -0.144. The summed E-state index contributed by atoms with van der Waals surface area (Å²) in [7, 11) is 0. The summed E-state index contributed by atoms with van der Waals surface area (Å²) >= 11 is 4.29. The van der Waals surface area contributed by atoms with Crippen molar-refractivity contribution in [3.05, 3.63) is 71.9 Å². The van der Waals surface area contributed by atoms with Crippen molar-refractivity contribution in [3.63, 3.8) is 0 Å². The van der Waals surface area contributed by atoms with Gasteiger partial charge in [0.25, 0.3) is 0 Å². The first-order valence-electron chi connectivity index (χ1n) is 45.8. The number of aromatic nitrogens is 1. The minimum Gasteiger partial charge on any atom is -0.480 e. The molecule has 0 unspecified atom stereocenters. The van der Waals surface area contributed by atoms with Crippen LogP contribution < -0.4 is 137 Å². The van der Waals surface area contributed by atoms with Gasteiger partial charge in [-0.05, 0) is 125 Å². The number of benzene rings is 2. The highest BCUT2D eigenvalue weighted by Crippen LogP contribution is 2.22. The molecule has 3 rings (SSSR count). The number of hydrogen-bond donors (Lipinski definition) is 31. The fraction of sp³-hybridized carbons (Fsp3) is 0.580. The quantitative estimate of drug-likeness (QED) is 0.0108. The van der Waals surface area contributed by atoms with E-state index < -0.39 is 315 Å². The van der Waals surface area contributed by atoms with E-state index in [9.17, 15) is 106 Å². The molecule has 141 heavy (non-hydrogen) atoms. The topological polar surface area (TPSA) is 903 Å². The number of fused-ring (bicyclic) bond motifs is 1. The molecule has 52 nitrogen and oxygen atoms in total. The third-order valence-corrected chi connectivity index (χ3v) is 22.0. The first-order chi connectivity index (χ1) is 66.3. The van der Waals surface area contributed by atoms with Gasteiger partial charge < -0.3 is 157 Å². The lowest BCUT2D eigenvalue weighted by Gasteiger charge is -2.29. The largest absolute Gasteiger partial charge is 0.480 e. The zero-order valence-corrected chi connectivity index (χ0v) is 80.7. The molecular formula is C88H139N27O25S.